The molecule has 0 saturated heterocycles. The summed E-state index contributed by atoms with van der Waals surface area (Å²) in [5.74, 6) is -0.880. The van der Waals surface area contributed by atoms with Gasteiger partial charge in [-0.05, 0) is 75.2 Å². The minimum absolute atomic E-state index is 0.0349. The van der Waals surface area contributed by atoms with E-state index in [1.807, 2.05) is 20.8 Å². The number of hydrogen-bond acceptors (Lipinski definition) is 4. The minimum Gasteiger partial charge on any atom is -0.352 e. The van der Waals surface area contributed by atoms with E-state index < -0.39 is 28.5 Å². The van der Waals surface area contributed by atoms with Gasteiger partial charge in [0, 0.05) is 22.6 Å². The first-order valence-corrected chi connectivity index (χ1v) is 14.8. The third kappa shape index (κ3) is 7.97. The number of anilines is 1. The summed E-state index contributed by atoms with van der Waals surface area (Å²) in [6.07, 6.45) is 0.723. The summed E-state index contributed by atoms with van der Waals surface area (Å²) in [5.41, 5.74) is 1.88. The lowest BCUT2D eigenvalue weighted by molar-refractivity contribution is -0.139. The molecule has 0 fully saturated rings. The number of halogens is 2. The third-order valence-electron chi connectivity index (χ3n) is 6.42. The molecule has 3 aromatic carbocycles. The molecule has 0 radical (unpaired) electrons. The monoisotopic (exact) mass is 589 g/mol. The fourth-order valence-corrected chi connectivity index (χ4v) is 5.55. The molecule has 0 aromatic heterocycles. The topological polar surface area (TPSA) is 86.8 Å². The maximum absolute atomic E-state index is 13.9. The zero-order valence-corrected chi connectivity index (χ0v) is 24.7. The van der Waals surface area contributed by atoms with Gasteiger partial charge >= 0.3 is 0 Å². The largest absolute Gasteiger partial charge is 0.352 e. The van der Waals surface area contributed by atoms with Crippen molar-refractivity contribution in [2.75, 3.05) is 10.8 Å². The fraction of sp³-hybridized carbons (Fsp3) is 0.310. The maximum atomic E-state index is 13.9. The molecule has 1 N–H and O–H groups in total. The number of aryl methyl sites for hydroxylation is 1. The second-order valence-corrected chi connectivity index (χ2v) is 12.2. The van der Waals surface area contributed by atoms with Crippen molar-refractivity contribution in [3.8, 4) is 0 Å². The number of nitrogens with zero attached hydrogens (tertiary/aromatic N) is 2. The highest BCUT2D eigenvalue weighted by Crippen LogP contribution is 2.27. The summed E-state index contributed by atoms with van der Waals surface area (Å²) in [6.45, 7) is 6.86. The van der Waals surface area contributed by atoms with Crippen molar-refractivity contribution >= 4 is 50.7 Å². The van der Waals surface area contributed by atoms with Crippen molar-refractivity contribution in [2.24, 2.45) is 0 Å². The van der Waals surface area contributed by atoms with Gasteiger partial charge in [-0.1, -0.05) is 66.0 Å². The molecule has 0 aliphatic carbocycles. The number of rotatable bonds is 11. The molecule has 0 aliphatic rings. The predicted octanol–water partition coefficient (Wildman–Crippen LogP) is 5.83. The van der Waals surface area contributed by atoms with Crippen LogP contribution in [-0.4, -0.2) is 43.8 Å². The van der Waals surface area contributed by atoms with Crippen LogP contribution in [-0.2, 0) is 26.2 Å². The van der Waals surface area contributed by atoms with Crippen molar-refractivity contribution in [3.63, 3.8) is 0 Å². The van der Waals surface area contributed by atoms with Crippen LogP contribution in [0.25, 0.3) is 0 Å². The van der Waals surface area contributed by atoms with Gasteiger partial charge < -0.3 is 10.2 Å². The van der Waals surface area contributed by atoms with Gasteiger partial charge in [0.15, 0.2) is 0 Å². The average Bonchev–Trinajstić information content (AvgIpc) is 2.90. The van der Waals surface area contributed by atoms with Crippen molar-refractivity contribution in [3.05, 3.63) is 94.0 Å². The first kappa shape index (κ1) is 30.5. The van der Waals surface area contributed by atoms with Gasteiger partial charge in [0.2, 0.25) is 11.8 Å². The molecule has 0 bridgehead atoms. The molecule has 3 rings (SSSR count). The molecule has 0 spiro atoms. The zero-order valence-electron chi connectivity index (χ0n) is 22.4. The Hall–Kier alpha value is -3.07. The second-order valence-electron chi connectivity index (χ2n) is 9.45. The summed E-state index contributed by atoms with van der Waals surface area (Å²) >= 11 is 12.2. The van der Waals surface area contributed by atoms with Gasteiger partial charge in [-0.25, -0.2) is 8.42 Å². The molecule has 3 aromatic rings. The summed E-state index contributed by atoms with van der Waals surface area (Å²) in [6, 6.07) is 18.7. The lowest BCUT2D eigenvalue weighted by atomic mass is 10.1. The van der Waals surface area contributed by atoms with E-state index in [0.717, 1.165) is 21.9 Å². The van der Waals surface area contributed by atoms with Gasteiger partial charge in [0.25, 0.3) is 10.0 Å². The van der Waals surface area contributed by atoms with Gasteiger partial charge in [-0.3, -0.25) is 13.9 Å². The highest BCUT2D eigenvalue weighted by Gasteiger charge is 2.32. The number of carbonyl (C=O) groups is 2. The Kier molecular flexibility index (Phi) is 10.4. The Morgan fingerprint density at radius 1 is 0.923 bits per heavy atom. The Morgan fingerprint density at radius 3 is 2.15 bits per heavy atom. The predicted molar refractivity (Wildman–Crippen MR) is 157 cm³/mol. The van der Waals surface area contributed by atoms with Crippen LogP contribution in [0.15, 0.2) is 77.7 Å². The first-order chi connectivity index (χ1) is 18.4. The molecule has 0 unspecified atom stereocenters. The van der Waals surface area contributed by atoms with Gasteiger partial charge in [0.1, 0.15) is 12.6 Å². The average molecular weight is 591 g/mol. The molecule has 2 atom stereocenters. The molecule has 10 heteroatoms. The van der Waals surface area contributed by atoms with Gasteiger partial charge in [0.05, 0.1) is 10.6 Å². The summed E-state index contributed by atoms with van der Waals surface area (Å²) in [7, 11) is -4.15. The van der Waals surface area contributed by atoms with E-state index in [1.165, 1.54) is 23.1 Å². The number of sulfonamides is 1. The molecule has 0 heterocycles. The minimum atomic E-state index is -4.15. The number of amides is 2. The van der Waals surface area contributed by atoms with E-state index >= 15 is 0 Å². The van der Waals surface area contributed by atoms with Crippen LogP contribution in [0.5, 0.6) is 0 Å². The van der Waals surface area contributed by atoms with E-state index in [1.54, 1.807) is 61.5 Å². The number of carbonyl (C=O) groups excluding carboxylic acids is 2. The van der Waals surface area contributed by atoms with E-state index in [0.29, 0.717) is 10.0 Å². The van der Waals surface area contributed by atoms with Crippen LogP contribution in [0.1, 0.15) is 38.3 Å². The lowest BCUT2D eigenvalue weighted by Gasteiger charge is -2.32. The van der Waals surface area contributed by atoms with E-state index in [4.69, 9.17) is 23.2 Å². The van der Waals surface area contributed by atoms with Crippen LogP contribution in [0.4, 0.5) is 5.69 Å². The Morgan fingerprint density at radius 2 is 1.56 bits per heavy atom. The number of benzene rings is 3. The zero-order chi connectivity index (χ0) is 28.7. The number of hydrogen-bond donors (Lipinski definition) is 1. The molecule has 7 nitrogen and oxygen atoms in total. The normalized spacial score (nSPS) is 12.9. The van der Waals surface area contributed by atoms with Crippen LogP contribution in [0.3, 0.4) is 0 Å². The summed E-state index contributed by atoms with van der Waals surface area (Å²) in [5, 5.41) is 3.77. The van der Waals surface area contributed by atoms with Crippen molar-refractivity contribution < 1.29 is 18.0 Å². The van der Waals surface area contributed by atoms with Crippen molar-refractivity contribution in [2.45, 2.75) is 57.6 Å². The van der Waals surface area contributed by atoms with E-state index in [9.17, 15) is 18.0 Å². The highest BCUT2D eigenvalue weighted by molar-refractivity contribution is 7.92. The Balaban J connectivity index is 2.02. The van der Waals surface area contributed by atoms with Crippen LogP contribution < -0.4 is 9.62 Å². The maximum Gasteiger partial charge on any atom is 0.264 e. The first-order valence-electron chi connectivity index (χ1n) is 12.6. The molecular formula is C29H33Cl2N3O4S. The van der Waals surface area contributed by atoms with E-state index in [-0.39, 0.29) is 29.1 Å². The fourth-order valence-electron chi connectivity index (χ4n) is 3.83. The highest BCUT2D eigenvalue weighted by atomic mass is 35.5. The standard InChI is InChI=1S/C29H33Cl2N3O4S/c1-5-21(3)32-29(36)22(4)33(18-23-11-13-24(30)14-12-23)28(35)19-34(26-8-6-7-25(31)17-26)39(37,38)27-15-9-20(2)10-16-27/h6-17,21-22H,5,18-19H2,1-4H3,(H,32,36)/t21-,22+/m1/s1. The lowest BCUT2D eigenvalue weighted by Crippen LogP contribution is -2.52. The van der Waals surface area contributed by atoms with E-state index in [2.05, 4.69) is 5.32 Å². The molecule has 208 valence electrons. The van der Waals surface area contributed by atoms with Crippen molar-refractivity contribution in [1.29, 1.82) is 0 Å². The molecule has 0 aliphatic heterocycles. The summed E-state index contributed by atoms with van der Waals surface area (Å²) in [4.78, 5) is 28.4. The van der Waals surface area contributed by atoms with Crippen LogP contribution in [0.2, 0.25) is 10.0 Å². The van der Waals surface area contributed by atoms with Crippen LogP contribution in [0, 0.1) is 6.92 Å². The van der Waals surface area contributed by atoms with Gasteiger partial charge in [-0.15, -0.1) is 0 Å². The quantitative estimate of drug-likeness (QED) is 0.305. The molecule has 0 saturated carbocycles. The van der Waals surface area contributed by atoms with Gasteiger partial charge in [-0.2, -0.15) is 0 Å². The smallest absolute Gasteiger partial charge is 0.264 e. The number of nitrogens with one attached hydrogen (secondary N) is 1. The Bertz CT molecular complexity index is 1400. The molecule has 39 heavy (non-hydrogen) atoms. The SMILES string of the molecule is CC[C@@H](C)NC(=O)[C@H](C)N(Cc1ccc(Cl)cc1)C(=O)CN(c1cccc(Cl)c1)S(=O)(=O)c1ccc(C)cc1. The van der Waals surface area contributed by atoms with Crippen molar-refractivity contribution in [1.82, 2.24) is 10.2 Å². The van der Waals surface area contributed by atoms with Crippen LogP contribution >= 0.6 is 23.2 Å². The second kappa shape index (κ2) is 13.3. The summed E-state index contributed by atoms with van der Waals surface area (Å²) < 4.78 is 28.7. The molecule has 2 amide bonds. The molecular weight excluding hydrogens is 557 g/mol. The Labute approximate surface area is 240 Å². The third-order valence-corrected chi connectivity index (χ3v) is 8.69.